The number of nitrogens with one attached hydrogen (secondary N) is 1. The van der Waals surface area contributed by atoms with Gasteiger partial charge in [0.25, 0.3) is 0 Å². The molecule has 1 saturated heterocycles. The third kappa shape index (κ3) is 2.58. The van der Waals surface area contributed by atoms with Gasteiger partial charge in [-0.25, -0.2) is 0 Å². The minimum Gasteiger partial charge on any atom is -0.309 e. The Morgan fingerprint density at radius 1 is 1.60 bits per heavy atom. The van der Waals surface area contributed by atoms with Crippen LogP contribution in [0.25, 0.3) is 0 Å². The second-order valence-corrected chi connectivity index (χ2v) is 6.22. The van der Waals surface area contributed by atoms with Gasteiger partial charge in [0.15, 0.2) is 0 Å². The lowest BCUT2D eigenvalue weighted by molar-refractivity contribution is 0.406. The highest BCUT2D eigenvalue weighted by Gasteiger charge is 2.27. The van der Waals surface area contributed by atoms with Gasteiger partial charge >= 0.3 is 0 Å². The quantitative estimate of drug-likeness (QED) is 0.866. The monoisotopic (exact) mass is 241 g/mol. The average molecular weight is 241 g/mol. The first-order chi connectivity index (χ1) is 7.33. The zero-order valence-corrected chi connectivity index (χ0v) is 11.1. The van der Waals surface area contributed by atoms with Crippen molar-refractivity contribution in [3.63, 3.8) is 0 Å². The van der Waals surface area contributed by atoms with Crippen molar-refractivity contribution < 1.29 is 0 Å². The van der Waals surface area contributed by atoms with Crippen LogP contribution in [-0.2, 0) is 0 Å². The lowest BCUT2D eigenvalue weighted by Crippen LogP contribution is -2.28. The van der Waals surface area contributed by atoms with Gasteiger partial charge in [-0.15, -0.1) is 11.3 Å². The van der Waals surface area contributed by atoms with Gasteiger partial charge in [-0.05, 0) is 54.3 Å². The minimum absolute atomic E-state index is 0.602. The molecule has 1 aliphatic rings. The molecule has 0 spiro atoms. The SMILES string of the molecule is CCNC(c1sccc1C)C1CCSC1. The highest BCUT2D eigenvalue weighted by molar-refractivity contribution is 7.99. The van der Waals surface area contributed by atoms with Gasteiger partial charge in [-0.1, -0.05) is 6.92 Å². The van der Waals surface area contributed by atoms with Crippen LogP contribution in [0.2, 0.25) is 0 Å². The average Bonchev–Trinajstić information content (AvgIpc) is 2.85. The standard InChI is InChI=1S/C12H19NS2/c1-3-13-11(10-5-6-14-8-10)12-9(2)4-7-15-12/h4,7,10-11,13H,3,5-6,8H2,1-2H3. The molecular weight excluding hydrogens is 222 g/mol. The van der Waals surface area contributed by atoms with Crippen LogP contribution in [0, 0.1) is 12.8 Å². The molecule has 1 aromatic rings. The molecule has 2 heterocycles. The summed E-state index contributed by atoms with van der Waals surface area (Å²) in [5.74, 6) is 3.51. The molecule has 1 aromatic heterocycles. The zero-order chi connectivity index (χ0) is 10.7. The number of aryl methyl sites for hydroxylation is 1. The van der Waals surface area contributed by atoms with Crippen LogP contribution in [0.15, 0.2) is 11.4 Å². The van der Waals surface area contributed by atoms with Crippen LogP contribution < -0.4 is 5.32 Å². The second-order valence-electron chi connectivity index (χ2n) is 4.13. The molecule has 1 N–H and O–H groups in total. The van der Waals surface area contributed by atoms with E-state index in [-0.39, 0.29) is 0 Å². The molecule has 1 fully saturated rings. The summed E-state index contributed by atoms with van der Waals surface area (Å²) in [6.07, 6.45) is 1.37. The van der Waals surface area contributed by atoms with Gasteiger partial charge in [0.2, 0.25) is 0 Å². The van der Waals surface area contributed by atoms with Crippen LogP contribution in [-0.4, -0.2) is 18.1 Å². The second kappa shape index (κ2) is 5.37. The summed E-state index contributed by atoms with van der Waals surface area (Å²) < 4.78 is 0. The fourth-order valence-corrected chi connectivity index (χ4v) is 4.61. The molecule has 1 nitrogen and oxygen atoms in total. The molecule has 1 aliphatic heterocycles. The van der Waals surface area contributed by atoms with E-state index in [4.69, 9.17) is 0 Å². The molecule has 2 rings (SSSR count). The molecule has 2 atom stereocenters. The van der Waals surface area contributed by atoms with E-state index in [1.807, 2.05) is 11.3 Å². The van der Waals surface area contributed by atoms with E-state index in [0.29, 0.717) is 6.04 Å². The predicted molar refractivity (Wildman–Crippen MR) is 70.9 cm³/mol. The Bertz CT molecular complexity index is 302. The zero-order valence-electron chi connectivity index (χ0n) is 9.45. The Morgan fingerprint density at radius 3 is 3.00 bits per heavy atom. The van der Waals surface area contributed by atoms with E-state index in [9.17, 15) is 0 Å². The van der Waals surface area contributed by atoms with Crippen LogP contribution in [0.4, 0.5) is 0 Å². The fourth-order valence-electron chi connectivity index (χ4n) is 2.21. The summed E-state index contributed by atoms with van der Waals surface area (Å²) in [5.41, 5.74) is 1.46. The van der Waals surface area contributed by atoms with Crippen molar-refractivity contribution in [1.82, 2.24) is 5.32 Å². The first-order valence-electron chi connectivity index (χ1n) is 5.68. The summed E-state index contributed by atoms with van der Waals surface area (Å²) in [6, 6.07) is 2.84. The van der Waals surface area contributed by atoms with Crippen molar-refractivity contribution in [1.29, 1.82) is 0 Å². The van der Waals surface area contributed by atoms with Crippen LogP contribution >= 0.6 is 23.1 Å². The Hall–Kier alpha value is 0.01000. The van der Waals surface area contributed by atoms with Crippen LogP contribution in [0.1, 0.15) is 29.8 Å². The normalized spacial score (nSPS) is 23.2. The van der Waals surface area contributed by atoms with E-state index in [0.717, 1.165) is 12.5 Å². The summed E-state index contributed by atoms with van der Waals surface area (Å²) in [7, 11) is 0. The van der Waals surface area contributed by atoms with Crippen LogP contribution in [0.3, 0.4) is 0 Å². The third-order valence-electron chi connectivity index (χ3n) is 3.04. The smallest absolute Gasteiger partial charge is 0.0454 e. The van der Waals surface area contributed by atoms with Crippen molar-refractivity contribution in [2.45, 2.75) is 26.3 Å². The van der Waals surface area contributed by atoms with E-state index in [2.05, 4.69) is 42.4 Å². The summed E-state index contributed by atoms with van der Waals surface area (Å²) in [5, 5.41) is 5.88. The number of hydrogen-bond donors (Lipinski definition) is 1. The molecule has 0 saturated carbocycles. The van der Waals surface area contributed by atoms with Gasteiger partial charge in [0.05, 0.1) is 0 Å². The largest absolute Gasteiger partial charge is 0.309 e. The van der Waals surface area contributed by atoms with E-state index in [1.54, 1.807) is 4.88 Å². The summed E-state index contributed by atoms with van der Waals surface area (Å²) >= 11 is 4.02. The van der Waals surface area contributed by atoms with E-state index in [1.165, 1.54) is 23.5 Å². The Balaban J connectivity index is 2.15. The highest BCUT2D eigenvalue weighted by atomic mass is 32.2. The maximum atomic E-state index is 3.66. The van der Waals surface area contributed by atoms with Crippen molar-refractivity contribution in [2.24, 2.45) is 5.92 Å². The number of thioether (sulfide) groups is 1. The predicted octanol–water partition coefficient (Wildman–Crippen LogP) is 3.46. The molecule has 0 bridgehead atoms. The van der Waals surface area contributed by atoms with Gasteiger partial charge in [0, 0.05) is 10.9 Å². The third-order valence-corrected chi connectivity index (χ3v) is 5.33. The van der Waals surface area contributed by atoms with Gasteiger partial charge in [0.1, 0.15) is 0 Å². The number of thiophene rings is 1. The van der Waals surface area contributed by atoms with Gasteiger partial charge in [-0.3, -0.25) is 0 Å². The summed E-state index contributed by atoms with van der Waals surface area (Å²) in [6.45, 7) is 5.51. The molecule has 2 unspecified atom stereocenters. The number of hydrogen-bond acceptors (Lipinski definition) is 3. The molecule has 84 valence electrons. The van der Waals surface area contributed by atoms with Crippen molar-refractivity contribution in [2.75, 3.05) is 18.1 Å². The molecule has 0 aliphatic carbocycles. The number of rotatable bonds is 4. The van der Waals surface area contributed by atoms with Crippen molar-refractivity contribution >= 4 is 23.1 Å². The molecular formula is C12H19NS2. The van der Waals surface area contributed by atoms with E-state index >= 15 is 0 Å². The highest BCUT2D eigenvalue weighted by Crippen LogP contribution is 2.37. The van der Waals surface area contributed by atoms with Gasteiger partial charge < -0.3 is 5.32 Å². The lowest BCUT2D eigenvalue weighted by Gasteiger charge is -2.23. The first kappa shape index (κ1) is 11.5. The Morgan fingerprint density at radius 2 is 2.47 bits per heavy atom. The Labute approximate surface area is 101 Å². The molecule has 0 radical (unpaired) electrons. The molecule has 0 aromatic carbocycles. The van der Waals surface area contributed by atoms with Gasteiger partial charge in [-0.2, -0.15) is 11.8 Å². The summed E-state index contributed by atoms with van der Waals surface area (Å²) in [4.78, 5) is 1.56. The van der Waals surface area contributed by atoms with Crippen molar-refractivity contribution in [3.05, 3.63) is 21.9 Å². The Kier molecular flexibility index (Phi) is 4.12. The lowest BCUT2D eigenvalue weighted by atomic mass is 9.96. The van der Waals surface area contributed by atoms with E-state index < -0.39 is 0 Å². The molecule has 3 heteroatoms. The maximum Gasteiger partial charge on any atom is 0.0454 e. The molecule has 15 heavy (non-hydrogen) atoms. The fraction of sp³-hybridized carbons (Fsp3) is 0.667. The maximum absolute atomic E-state index is 3.66. The topological polar surface area (TPSA) is 12.0 Å². The minimum atomic E-state index is 0.602. The first-order valence-corrected chi connectivity index (χ1v) is 7.71. The van der Waals surface area contributed by atoms with Crippen LogP contribution in [0.5, 0.6) is 0 Å². The molecule has 0 amide bonds. The van der Waals surface area contributed by atoms with Crippen molar-refractivity contribution in [3.8, 4) is 0 Å².